The van der Waals surface area contributed by atoms with Gasteiger partial charge in [-0.25, -0.2) is 19.3 Å². The lowest BCUT2D eigenvalue weighted by Gasteiger charge is -2.32. The Morgan fingerprint density at radius 1 is 0.907 bits per heavy atom. The van der Waals surface area contributed by atoms with Crippen LogP contribution in [0.4, 0.5) is 27.4 Å². The average Bonchev–Trinajstić information content (AvgIpc) is 3.03. The first kappa shape index (κ1) is 28.9. The van der Waals surface area contributed by atoms with Crippen LogP contribution in [0.15, 0.2) is 55.0 Å². The normalized spacial score (nSPS) is 18.0. The van der Waals surface area contributed by atoms with Crippen molar-refractivity contribution in [1.82, 2.24) is 19.9 Å². The standard InChI is InChI=1S/C32H38FN7O3/c1-39-13-9-21(10-14-39)37-29-17-25-28(18-30(29)42-3)35-20-36-32(25)38-27-7-6-22(15-26(27)33)43-23-8-11-34-31(16-23)40-12-4-5-24(19-40)41-2/h6-8,11,15-18,20-21,24,37H,4-5,9-10,12-14,19H2,1-3H3,(H,35,36,38). The van der Waals surface area contributed by atoms with Crippen molar-refractivity contribution in [3.63, 3.8) is 0 Å². The largest absolute Gasteiger partial charge is 0.495 e. The van der Waals surface area contributed by atoms with E-state index < -0.39 is 5.82 Å². The Morgan fingerprint density at radius 3 is 2.53 bits per heavy atom. The highest BCUT2D eigenvalue weighted by Crippen LogP contribution is 2.35. The van der Waals surface area contributed by atoms with Crippen LogP contribution in [0.2, 0.25) is 0 Å². The Labute approximate surface area is 251 Å². The lowest BCUT2D eigenvalue weighted by molar-refractivity contribution is 0.0891. The number of nitrogens with zero attached hydrogens (tertiary/aromatic N) is 5. The predicted octanol–water partition coefficient (Wildman–Crippen LogP) is 5.83. The average molecular weight is 588 g/mol. The molecule has 2 aromatic heterocycles. The van der Waals surface area contributed by atoms with Gasteiger partial charge in [0, 0.05) is 56.0 Å². The van der Waals surface area contributed by atoms with Gasteiger partial charge in [-0.15, -0.1) is 0 Å². The van der Waals surface area contributed by atoms with Crippen LogP contribution in [-0.4, -0.2) is 79.4 Å². The van der Waals surface area contributed by atoms with Gasteiger partial charge in [-0.3, -0.25) is 0 Å². The van der Waals surface area contributed by atoms with Crippen molar-refractivity contribution in [2.24, 2.45) is 0 Å². The number of likely N-dealkylation sites (tertiary alicyclic amines) is 1. The van der Waals surface area contributed by atoms with Gasteiger partial charge < -0.3 is 34.6 Å². The van der Waals surface area contributed by atoms with Crippen molar-refractivity contribution < 1.29 is 18.6 Å². The number of benzene rings is 2. The first-order chi connectivity index (χ1) is 21.0. The minimum Gasteiger partial charge on any atom is -0.495 e. The number of hydrogen-bond acceptors (Lipinski definition) is 10. The number of methoxy groups -OCH3 is 2. The van der Waals surface area contributed by atoms with Gasteiger partial charge >= 0.3 is 0 Å². The Bertz CT molecular complexity index is 1560. The molecule has 1 unspecified atom stereocenters. The number of pyridine rings is 1. The van der Waals surface area contributed by atoms with Gasteiger partial charge in [0.2, 0.25) is 0 Å². The molecule has 6 rings (SSSR count). The lowest BCUT2D eigenvalue weighted by atomic mass is 10.0. The number of rotatable bonds is 9. The Morgan fingerprint density at radius 2 is 1.74 bits per heavy atom. The molecule has 2 fully saturated rings. The second kappa shape index (κ2) is 13.0. The molecule has 2 aliphatic rings. The van der Waals surface area contributed by atoms with Crippen molar-refractivity contribution in [3.8, 4) is 17.2 Å². The van der Waals surface area contributed by atoms with Crippen molar-refractivity contribution in [3.05, 3.63) is 60.8 Å². The number of nitrogens with one attached hydrogen (secondary N) is 2. The molecule has 1 atom stereocenters. The van der Waals surface area contributed by atoms with E-state index in [4.69, 9.17) is 14.2 Å². The van der Waals surface area contributed by atoms with E-state index in [1.54, 1.807) is 38.6 Å². The van der Waals surface area contributed by atoms with E-state index in [1.807, 2.05) is 18.2 Å². The molecule has 0 radical (unpaired) electrons. The van der Waals surface area contributed by atoms with Crippen LogP contribution in [0, 0.1) is 5.82 Å². The zero-order valence-electron chi connectivity index (χ0n) is 24.8. The number of anilines is 4. The van der Waals surface area contributed by atoms with Crippen LogP contribution in [0.1, 0.15) is 25.7 Å². The first-order valence-corrected chi connectivity index (χ1v) is 14.7. The molecule has 0 spiro atoms. The van der Waals surface area contributed by atoms with Crippen molar-refractivity contribution >= 4 is 33.9 Å². The van der Waals surface area contributed by atoms with Crippen molar-refractivity contribution in [2.45, 2.75) is 37.8 Å². The molecule has 0 bridgehead atoms. The SMILES string of the molecule is COc1cc2ncnc(Nc3ccc(Oc4ccnc(N5CCCC(OC)C5)c4)cc3F)c2cc1NC1CCN(C)CC1. The van der Waals surface area contributed by atoms with E-state index in [0.717, 1.165) is 68.8 Å². The minimum absolute atomic E-state index is 0.185. The fraction of sp³-hybridized carbons (Fsp3) is 0.406. The van der Waals surface area contributed by atoms with Gasteiger partial charge in [-0.05, 0) is 70.1 Å². The number of aromatic nitrogens is 3. The molecule has 2 aromatic carbocycles. The van der Waals surface area contributed by atoms with Gasteiger partial charge in [-0.1, -0.05) is 0 Å². The Balaban J connectivity index is 1.19. The van der Waals surface area contributed by atoms with Gasteiger partial charge in [0.1, 0.15) is 41.0 Å². The summed E-state index contributed by atoms with van der Waals surface area (Å²) in [4.78, 5) is 17.9. The molecule has 0 aliphatic carbocycles. The molecule has 43 heavy (non-hydrogen) atoms. The van der Waals surface area contributed by atoms with Gasteiger partial charge in [-0.2, -0.15) is 0 Å². The monoisotopic (exact) mass is 587 g/mol. The summed E-state index contributed by atoms with van der Waals surface area (Å²) < 4.78 is 32.6. The van der Waals surface area contributed by atoms with E-state index in [1.165, 1.54) is 12.4 Å². The first-order valence-electron chi connectivity index (χ1n) is 14.7. The van der Waals surface area contributed by atoms with Gasteiger partial charge in [0.15, 0.2) is 0 Å². The van der Waals surface area contributed by atoms with Crippen LogP contribution in [0.25, 0.3) is 10.9 Å². The summed E-state index contributed by atoms with van der Waals surface area (Å²) in [5.74, 6) is 2.54. The van der Waals surface area contributed by atoms with E-state index in [2.05, 4.69) is 42.4 Å². The molecule has 11 heteroatoms. The maximum absolute atomic E-state index is 15.4. The molecule has 226 valence electrons. The maximum atomic E-state index is 15.4. The summed E-state index contributed by atoms with van der Waals surface area (Å²) >= 11 is 0. The van der Waals surface area contributed by atoms with Crippen LogP contribution in [-0.2, 0) is 4.74 Å². The molecule has 2 N–H and O–H groups in total. The number of halogens is 1. The highest BCUT2D eigenvalue weighted by Gasteiger charge is 2.22. The van der Waals surface area contributed by atoms with E-state index in [-0.39, 0.29) is 11.8 Å². The molecule has 4 heterocycles. The fourth-order valence-electron chi connectivity index (χ4n) is 5.74. The quantitative estimate of drug-likeness (QED) is 0.249. The summed E-state index contributed by atoms with van der Waals surface area (Å²) in [6, 6.07) is 12.6. The number of piperidine rings is 2. The molecular weight excluding hydrogens is 549 g/mol. The summed E-state index contributed by atoms with van der Waals surface area (Å²) in [6.07, 6.45) is 7.52. The highest BCUT2D eigenvalue weighted by molar-refractivity contribution is 5.95. The Kier molecular flexibility index (Phi) is 8.71. The molecule has 0 amide bonds. The third-order valence-corrected chi connectivity index (χ3v) is 8.22. The van der Waals surface area contributed by atoms with E-state index in [9.17, 15) is 0 Å². The molecule has 2 saturated heterocycles. The summed E-state index contributed by atoms with van der Waals surface area (Å²) in [6.45, 7) is 3.77. The van der Waals surface area contributed by atoms with Crippen molar-refractivity contribution in [1.29, 1.82) is 0 Å². The smallest absolute Gasteiger partial charge is 0.150 e. The van der Waals surface area contributed by atoms with Crippen LogP contribution < -0.4 is 25.0 Å². The second-order valence-corrected chi connectivity index (χ2v) is 11.2. The molecule has 0 saturated carbocycles. The van der Waals surface area contributed by atoms with E-state index >= 15 is 4.39 Å². The molecule has 4 aromatic rings. The van der Waals surface area contributed by atoms with E-state index in [0.29, 0.717) is 34.6 Å². The zero-order valence-corrected chi connectivity index (χ0v) is 24.8. The van der Waals surface area contributed by atoms with Gasteiger partial charge in [0.05, 0.1) is 30.1 Å². The van der Waals surface area contributed by atoms with Crippen LogP contribution >= 0.6 is 0 Å². The number of hydrogen-bond donors (Lipinski definition) is 2. The molecule has 2 aliphatic heterocycles. The summed E-state index contributed by atoms with van der Waals surface area (Å²) in [7, 11) is 5.53. The molecule has 10 nitrogen and oxygen atoms in total. The second-order valence-electron chi connectivity index (χ2n) is 11.2. The fourth-order valence-corrected chi connectivity index (χ4v) is 5.74. The zero-order chi connectivity index (χ0) is 29.8. The van der Waals surface area contributed by atoms with Gasteiger partial charge in [0.25, 0.3) is 0 Å². The maximum Gasteiger partial charge on any atom is 0.150 e. The molecular formula is C32H38FN7O3. The lowest BCUT2D eigenvalue weighted by Crippen LogP contribution is -2.39. The number of fused-ring (bicyclic) bond motifs is 1. The summed E-state index contributed by atoms with van der Waals surface area (Å²) in [5.41, 5.74) is 1.84. The summed E-state index contributed by atoms with van der Waals surface area (Å²) in [5, 5.41) is 7.55. The van der Waals surface area contributed by atoms with Crippen LogP contribution in [0.5, 0.6) is 17.2 Å². The topological polar surface area (TPSA) is 96.9 Å². The predicted molar refractivity (Wildman–Crippen MR) is 166 cm³/mol. The van der Waals surface area contributed by atoms with Crippen molar-refractivity contribution in [2.75, 3.05) is 63.0 Å². The highest BCUT2D eigenvalue weighted by atomic mass is 19.1. The minimum atomic E-state index is -0.462. The third-order valence-electron chi connectivity index (χ3n) is 8.22. The van der Waals surface area contributed by atoms with Crippen LogP contribution in [0.3, 0.4) is 0 Å². The third kappa shape index (κ3) is 6.73. The number of ether oxygens (including phenoxy) is 3. The Hall–Kier alpha value is -4.22.